The molecule has 0 aliphatic rings. The van der Waals surface area contributed by atoms with Gasteiger partial charge < -0.3 is 10.4 Å². The third-order valence-electron chi connectivity index (χ3n) is 3.42. The first-order valence-electron chi connectivity index (χ1n) is 6.94. The van der Waals surface area contributed by atoms with Gasteiger partial charge in [0.25, 0.3) is 0 Å². The molecule has 1 unspecified atom stereocenters. The molecule has 22 heavy (non-hydrogen) atoms. The fourth-order valence-corrected chi connectivity index (χ4v) is 3.67. The van der Waals surface area contributed by atoms with E-state index in [1.54, 1.807) is 40.5 Å². The molecule has 0 aromatic carbocycles. The average Bonchev–Trinajstić information content (AvgIpc) is 3.18. The molecule has 0 aliphatic carbocycles. The van der Waals surface area contributed by atoms with Gasteiger partial charge >= 0.3 is 0 Å². The van der Waals surface area contributed by atoms with Crippen LogP contribution >= 0.6 is 22.7 Å². The van der Waals surface area contributed by atoms with Gasteiger partial charge in [-0.3, -0.25) is 4.68 Å². The standard InChI is InChI=1S/C15H18N4OS2/c1-15(20,12-5-17-19(2)7-12)10-16-6-13-9-22-14(18-13)11-3-4-21-8-11/h3-5,7-9,16,20H,6,10H2,1-2H3. The van der Waals surface area contributed by atoms with Crippen LogP contribution in [-0.4, -0.2) is 26.4 Å². The SMILES string of the molecule is Cn1cc(C(C)(O)CNCc2csc(-c3ccsc3)n2)cn1. The number of aliphatic hydroxyl groups is 1. The van der Waals surface area contributed by atoms with Crippen molar-refractivity contribution < 1.29 is 5.11 Å². The molecular weight excluding hydrogens is 316 g/mol. The summed E-state index contributed by atoms with van der Waals surface area (Å²) in [6, 6.07) is 2.08. The third kappa shape index (κ3) is 3.44. The van der Waals surface area contributed by atoms with Gasteiger partial charge in [-0.25, -0.2) is 4.98 Å². The van der Waals surface area contributed by atoms with Gasteiger partial charge in [0, 0.05) is 48.2 Å². The van der Waals surface area contributed by atoms with E-state index in [4.69, 9.17) is 0 Å². The van der Waals surface area contributed by atoms with Crippen LogP contribution in [0, 0.1) is 0 Å². The van der Waals surface area contributed by atoms with Crippen LogP contribution in [0.1, 0.15) is 18.2 Å². The monoisotopic (exact) mass is 334 g/mol. The van der Waals surface area contributed by atoms with E-state index < -0.39 is 5.60 Å². The van der Waals surface area contributed by atoms with Crippen molar-refractivity contribution in [1.82, 2.24) is 20.1 Å². The van der Waals surface area contributed by atoms with Gasteiger partial charge in [0.1, 0.15) is 10.6 Å². The highest BCUT2D eigenvalue weighted by Crippen LogP contribution is 2.25. The van der Waals surface area contributed by atoms with Crippen molar-refractivity contribution in [3.63, 3.8) is 0 Å². The minimum atomic E-state index is -0.944. The van der Waals surface area contributed by atoms with E-state index in [2.05, 4.69) is 37.6 Å². The number of thiazole rings is 1. The molecule has 5 nitrogen and oxygen atoms in total. The summed E-state index contributed by atoms with van der Waals surface area (Å²) in [5, 5.41) is 25.1. The molecule has 0 aliphatic heterocycles. The lowest BCUT2D eigenvalue weighted by molar-refractivity contribution is 0.0565. The van der Waals surface area contributed by atoms with Gasteiger partial charge in [0.05, 0.1) is 11.9 Å². The number of nitrogens with one attached hydrogen (secondary N) is 1. The maximum atomic E-state index is 10.5. The van der Waals surface area contributed by atoms with Crippen molar-refractivity contribution in [2.24, 2.45) is 7.05 Å². The van der Waals surface area contributed by atoms with Crippen LogP contribution in [0.25, 0.3) is 10.6 Å². The van der Waals surface area contributed by atoms with Crippen LogP contribution in [-0.2, 0) is 19.2 Å². The van der Waals surface area contributed by atoms with Crippen molar-refractivity contribution in [2.45, 2.75) is 19.1 Å². The maximum absolute atomic E-state index is 10.5. The zero-order valence-electron chi connectivity index (χ0n) is 12.5. The van der Waals surface area contributed by atoms with Gasteiger partial charge in [-0.15, -0.1) is 11.3 Å². The van der Waals surface area contributed by atoms with Crippen LogP contribution in [0.4, 0.5) is 0 Å². The summed E-state index contributed by atoms with van der Waals surface area (Å²) in [6.45, 7) is 2.87. The third-order valence-corrected chi connectivity index (χ3v) is 5.05. The van der Waals surface area contributed by atoms with E-state index in [-0.39, 0.29) is 0 Å². The Morgan fingerprint density at radius 2 is 2.27 bits per heavy atom. The smallest absolute Gasteiger partial charge is 0.124 e. The molecule has 7 heteroatoms. The predicted octanol–water partition coefficient (Wildman–Crippen LogP) is 2.60. The highest BCUT2D eigenvalue weighted by atomic mass is 32.1. The van der Waals surface area contributed by atoms with Crippen molar-refractivity contribution in [2.75, 3.05) is 6.54 Å². The Kier molecular flexibility index (Phi) is 4.39. The van der Waals surface area contributed by atoms with Crippen LogP contribution < -0.4 is 5.32 Å². The lowest BCUT2D eigenvalue weighted by Gasteiger charge is -2.22. The molecular formula is C15H18N4OS2. The summed E-state index contributed by atoms with van der Waals surface area (Å²) in [5.74, 6) is 0. The van der Waals surface area contributed by atoms with Crippen molar-refractivity contribution in [3.05, 3.63) is 45.9 Å². The number of nitrogens with zero attached hydrogens (tertiary/aromatic N) is 3. The summed E-state index contributed by atoms with van der Waals surface area (Å²) < 4.78 is 1.69. The average molecular weight is 334 g/mol. The van der Waals surface area contributed by atoms with E-state index in [1.807, 2.05) is 13.2 Å². The van der Waals surface area contributed by atoms with E-state index in [0.29, 0.717) is 13.1 Å². The van der Waals surface area contributed by atoms with Crippen molar-refractivity contribution in [3.8, 4) is 10.6 Å². The van der Waals surface area contributed by atoms with Crippen LogP contribution in [0.3, 0.4) is 0 Å². The van der Waals surface area contributed by atoms with E-state index in [0.717, 1.165) is 16.3 Å². The summed E-state index contributed by atoms with van der Waals surface area (Å²) in [4.78, 5) is 4.61. The summed E-state index contributed by atoms with van der Waals surface area (Å²) >= 11 is 3.32. The maximum Gasteiger partial charge on any atom is 0.124 e. The normalized spacial score (nSPS) is 14.1. The molecule has 0 radical (unpaired) electrons. The second kappa shape index (κ2) is 6.29. The molecule has 0 fully saturated rings. The summed E-state index contributed by atoms with van der Waals surface area (Å²) in [6.07, 6.45) is 3.53. The van der Waals surface area contributed by atoms with Crippen LogP contribution in [0.2, 0.25) is 0 Å². The van der Waals surface area contributed by atoms with Crippen LogP contribution in [0.15, 0.2) is 34.6 Å². The molecule has 1 atom stereocenters. The molecule has 3 aromatic rings. The Morgan fingerprint density at radius 1 is 1.41 bits per heavy atom. The fraction of sp³-hybridized carbons (Fsp3) is 0.333. The first-order valence-corrected chi connectivity index (χ1v) is 8.76. The number of hydrogen-bond donors (Lipinski definition) is 2. The van der Waals surface area contributed by atoms with E-state index in [9.17, 15) is 5.11 Å². The Labute approximate surface area is 137 Å². The Hall–Kier alpha value is -1.54. The molecule has 2 N–H and O–H groups in total. The topological polar surface area (TPSA) is 63.0 Å². The molecule has 3 heterocycles. The highest BCUT2D eigenvalue weighted by Gasteiger charge is 2.24. The largest absolute Gasteiger partial charge is 0.384 e. The number of rotatable bonds is 6. The highest BCUT2D eigenvalue weighted by molar-refractivity contribution is 7.14. The minimum absolute atomic E-state index is 0.448. The Morgan fingerprint density at radius 3 is 2.95 bits per heavy atom. The molecule has 0 bridgehead atoms. The van der Waals surface area contributed by atoms with Gasteiger partial charge in [-0.2, -0.15) is 16.4 Å². The molecule has 116 valence electrons. The first-order chi connectivity index (χ1) is 10.5. The minimum Gasteiger partial charge on any atom is -0.384 e. The summed E-state index contributed by atoms with van der Waals surface area (Å²) in [5.41, 5.74) is 2.03. The number of hydrogen-bond acceptors (Lipinski definition) is 6. The predicted molar refractivity (Wildman–Crippen MR) is 89.9 cm³/mol. The molecule has 0 saturated carbocycles. The van der Waals surface area contributed by atoms with E-state index in [1.165, 1.54) is 5.56 Å². The quantitative estimate of drug-likeness (QED) is 0.727. The van der Waals surface area contributed by atoms with Gasteiger partial charge in [-0.05, 0) is 18.4 Å². The summed E-state index contributed by atoms with van der Waals surface area (Å²) in [7, 11) is 1.84. The molecule has 0 saturated heterocycles. The first kappa shape index (κ1) is 15.4. The second-order valence-corrected chi connectivity index (χ2v) is 7.07. The number of thiophene rings is 1. The van der Waals surface area contributed by atoms with Gasteiger partial charge in [0.15, 0.2) is 0 Å². The lowest BCUT2D eigenvalue weighted by atomic mass is 10.00. The molecule has 0 amide bonds. The van der Waals surface area contributed by atoms with Crippen molar-refractivity contribution >= 4 is 22.7 Å². The second-order valence-electron chi connectivity index (χ2n) is 5.44. The lowest BCUT2D eigenvalue weighted by Crippen LogP contribution is -2.34. The van der Waals surface area contributed by atoms with E-state index >= 15 is 0 Å². The fourth-order valence-electron chi connectivity index (χ4n) is 2.14. The Balaban J connectivity index is 1.57. The van der Waals surface area contributed by atoms with Crippen LogP contribution in [0.5, 0.6) is 0 Å². The number of aromatic nitrogens is 3. The molecule has 3 aromatic heterocycles. The van der Waals surface area contributed by atoms with Crippen molar-refractivity contribution in [1.29, 1.82) is 0 Å². The molecule has 3 rings (SSSR count). The number of aryl methyl sites for hydroxylation is 1. The van der Waals surface area contributed by atoms with Gasteiger partial charge in [-0.1, -0.05) is 0 Å². The molecule has 0 spiro atoms. The van der Waals surface area contributed by atoms with Gasteiger partial charge in [0.2, 0.25) is 0 Å². The Bertz CT molecular complexity index is 730. The zero-order chi connectivity index (χ0) is 15.6. The zero-order valence-corrected chi connectivity index (χ0v) is 14.1.